The predicted molar refractivity (Wildman–Crippen MR) is 75.7 cm³/mol. The molecule has 0 aromatic rings. The van der Waals surface area contributed by atoms with Crippen LogP contribution in [-0.4, -0.2) is 54.4 Å². The molecule has 2 unspecified atom stereocenters. The maximum absolute atomic E-state index is 12.0. The third kappa shape index (κ3) is 6.23. The Hall–Kier alpha value is -1.30. The Morgan fingerprint density at radius 1 is 1.45 bits per heavy atom. The van der Waals surface area contributed by atoms with E-state index in [0.717, 1.165) is 12.8 Å². The molecule has 1 heterocycles. The van der Waals surface area contributed by atoms with Gasteiger partial charge in [-0.1, -0.05) is 13.8 Å². The molecular weight excluding hydrogens is 260 g/mol. The van der Waals surface area contributed by atoms with Crippen molar-refractivity contribution < 1.29 is 19.4 Å². The van der Waals surface area contributed by atoms with Crippen LogP contribution in [0, 0.1) is 5.92 Å². The van der Waals surface area contributed by atoms with Crippen LogP contribution in [0.4, 0.5) is 4.79 Å². The van der Waals surface area contributed by atoms with Crippen molar-refractivity contribution in [2.24, 2.45) is 5.92 Å². The fourth-order valence-corrected chi connectivity index (χ4v) is 2.20. The zero-order chi connectivity index (χ0) is 15.0. The van der Waals surface area contributed by atoms with Gasteiger partial charge in [-0.2, -0.15) is 0 Å². The minimum atomic E-state index is -0.764. The summed E-state index contributed by atoms with van der Waals surface area (Å²) >= 11 is 0. The lowest BCUT2D eigenvalue weighted by Gasteiger charge is -2.32. The Kier molecular flexibility index (Phi) is 7.36. The first kappa shape index (κ1) is 16.8. The first-order valence-corrected chi connectivity index (χ1v) is 7.39. The summed E-state index contributed by atoms with van der Waals surface area (Å²) in [6.07, 6.45) is 2.71. The molecule has 1 fully saturated rings. The number of nitrogens with one attached hydrogen (secondary N) is 1. The van der Waals surface area contributed by atoms with Crippen molar-refractivity contribution in [3.63, 3.8) is 0 Å². The van der Waals surface area contributed by atoms with Crippen molar-refractivity contribution in [1.29, 1.82) is 0 Å². The molecule has 1 rings (SSSR count). The number of carbonyl (C=O) groups is 2. The maximum Gasteiger partial charge on any atom is 0.317 e. The van der Waals surface area contributed by atoms with Gasteiger partial charge in [-0.15, -0.1) is 0 Å². The lowest BCUT2D eigenvalue weighted by Crippen LogP contribution is -2.49. The van der Waals surface area contributed by atoms with E-state index in [2.05, 4.69) is 12.2 Å². The number of hydrogen-bond acceptors (Lipinski definition) is 3. The van der Waals surface area contributed by atoms with Gasteiger partial charge in [-0.05, 0) is 25.2 Å². The van der Waals surface area contributed by atoms with Crippen LogP contribution in [-0.2, 0) is 9.53 Å². The highest BCUT2D eigenvalue weighted by atomic mass is 16.5. The van der Waals surface area contributed by atoms with Gasteiger partial charge in [-0.25, -0.2) is 4.79 Å². The van der Waals surface area contributed by atoms with Gasteiger partial charge >= 0.3 is 12.0 Å². The van der Waals surface area contributed by atoms with E-state index in [-0.39, 0.29) is 18.6 Å². The first-order chi connectivity index (χ1) is 9.52. The summed E-state index contributed by atoms with van der Waals surface area (Å²) in [6, 6.07) is -0.0443. The van der Waals surface area contributed by atoms with Crippen molar-refractivity contribution in [3.05, 3.63) is 0 Å². The zero-order valence-electron chi connectivity index (χ0n) is 12.4. The Morgan fingerprint density at radius 2 is 2.20 bits per heavy atom. The Balaban J connectivity index is 2.17. The van der Waals surface area contributed by atoms with E-state index in [1.165, 1.54) is 0 Å². The number of hydrogen-bond donors (Lipinski definition) is 2. The van der Waals surface area contributed by atoms with E-state index in [4.69, 9.17) is 9.84 Å². The van der Waals surface area contributed by atoms with Crippen molar-refractivity contribution in [2.45, 2.75) is 45.6 Å². The maximum atomic E-state index is 12.0. The van der Waals surface area contributed by atoms with E-state index < -0.39 is 5.97 Å². The number of carboxylic acids is 1. The highest BCUT2D eigenvalue weighted by molar-refractivity contribution is 5.74. The standard InChI is InChI=1S/C14H26N2O4/c1-3-12-10-16(8-9-20-12)14(19)15-7-6-11(2)4-5-13(17)18/h11-12H,3-10H2,1-2H3,(H,15,19)(H,17,18). The minimum absolute atomic E-state index is 0.0443. The van der Waals surface area contributed by atoms with Gasteiger partial charge in [0, 0.05) is 26.1 Å². The molecule has 20 heavy (non-hydrogen) atoms. The molecule has 0 aromatic heterocycles. The van der Waals surface area contributed by atoms with Gasteiger partial charge < -0.3 is 20.1 Å². The first-order valence-electron chi connectivity index (χ1n) is 7.39. The van der Waals surface area contributed by atoms with E-state index >= 15 is 0 Å². The average Bonchev–Trinajstić information content (AvgIpc) is 2.45. The topological polar surface area (TPSA) is 78.9 Å². The van der Waals surface area contributed by atoms with Crippen LogP contribution >= 0.6 is 0 Å². The smallest absolute Gasteiger partial charge is 0.317 e. The molecule has 6 nitrogen and oxygen atoms in total. The SMILES string of the molecule is CCC1CN(C(=O)NCCC(C)CCC(=O)O)CCO1. The minimum Gasteiger partial charge on any atom is -0.481 e. The molecule has 2 atom stereocenters. The molecule has 0 bridgehead atoms. The lowest BCUT2D eigenvalue weighted by molar-refractivity contribution is -0.137. The largest absolute Gasteiger partial charge is 0.481 e. The van der Waals surface area contributed by atoms with Crippen molar-refractivity contribution in [2.75, 3.05) is 26.2 Å². The quantitative estimate of drug-likeness (QED) is 0.746. The van der Waals surface area contributed by atoms with Gasteiger partial charge in [0.1, 0.15) is 0 Å². The number of ether oxygens (including phenoxy) is 1. The van der Waals surface area contributed by atoms with Crippen LogP contribution in [0.25, 0.3) is 0 Å². The molecular formula is C14H26N2O4. The molecule has 2 N–H and O–H groups in total. The van der Waals surface area contributed by atoms with Crippen LogP contribution in [0.2, 0.25) is 0 Å². The summed E-state index contributed by atoms with van der Waals surface area (Å²) in [4.78, 5) is 24.2. The summed E-state index contributed by atoms with van der Waals surface area (Å²) in [5.74, 6) is -0.459. The average molecular weight is 286 g/mol. The van der Waals surface area contributed by atoms with Crippen LogP contribution in [0.5, 0.6) is 0 Å². The molecule has 1 aliphatic rings. The Bertz CT molecular complexity index is 322. The van der Waals surface area contributed by atoms with Gasteiger partial charge in [0.25, 0.3) is 0 Å². The number of amides is 2. The fourth-order valence-electron chi connectivity index (χ4n) is 2.20. The molecule has 0 spiro atoms. The second-order valence-corrected chi connectivity index (χ2v) is 5.41. The van der Waals surface area contributed by atoms with Crippen LogP contribution in [0.3, 0.4) is 0 Å². The van der Waals surface area contributed by atoms with Crippen LogP contribution in [0.15, 0.2) is 0 Å². The second kappa shape index (κ2) is 8.79. The van der Waals surface area contributed by atoms with Gasteiger partial charge in [-0.3, -0.25) is 4.79 Å². The van der Waals surface area contributed by atoms with E-state index in [1.54, 1.807) is 4.90 Å². The number of urea groups is 1. The predicted octanol–water partition coefficient (Wildman–Crippen LogP) is 1.70. The summed E-state index contributed by atoms with van der Waals surface area (Å²) in [5, 5.41) is 11.5. The van der Waals surface area contributed by atoms with E-state index in [1.807, 2.05) is 6.92 Å². The normalized spacial score (nSPS) is 20.5. The molecule has 2 amide bonds. The molecule has 116 valence electrons. The van der Waals surface area contributed by atoms with Crippen molar-refractivity contribution in [1.82, 2.24) is 10.2 Å². The van der Waals surface area contributed by atoms with Gasteiger partial charge in [0.2, 0.25) is 0 Å². The third-order valence-electron chi connectivity index (χ3n) is 3.65. The molecule has 1 aliphatic heterocycles. The fraction of sp³-hybridized carbons (Fsp3) is 0.857. The van der Waals surface area contributed by atoms with Crippen molar-refractivity contribution in [3.8, 4) is 0 Å². The summed E-state index contributed by atoms with van der Waals surface area (Å²) < 4.78 is 5.53. The molecule has 0 aliphatic carbocycles. The second-order valence-electron chi connectivity index (χ2n) is 5.41. The third-order valence-corrected chi connectivity index (χ3v) is 3.65. The number of morpholine rings is 1. The van der Waals surface area contributed by atoms with Crippen LogP contribution < -0.4 is 5.32 Å². The summed E-state index contributed by atoms with van der Waals surface area (Å²) in [5.41, 5.74) is 0. The number of carboxylic acid groups (broad SMARTS) is 1. The Labute approximate surface area is 120 Å². The lowest BCUT2D eigenvalue weighted by atomic mass is 10.0. The molecule has 6 heteroatoms. The monoisotopic (exact) mass is 286 g/mol. The van der Waals surface area contributed by atoms with Crippen LogP contribution in [0.1, 0.15) is 39.5 Å². The number of nitrogens with zero attached hydrogens (tertiary/aromatic N) is 1. The number of rotatable bonds is 7. The molecule has 0 radical (unpaired) electrons. The van der Waals surface area contributed by atoms with E-state index in [9.17, 15) is 9.59 Å². The molecule has 0 saturated carbocycles. The van der Waals surface area contributed by atoms with Gasteiger partial charge in [0.05, 0.1) is 12.7 Å². The van der Waals surface area contributed by atoms with Gasteiger partial charge in [0.15, 0.2) is 0 Å². The Morgan fingerprint density at radius 3 is 2.85 bits per heavy atom. The highest BCUT2D eigenvalue weighted by Gasteiger charge is 2.22. The molecule has 0 aromatic carbocycles. The number of aliphatic carboxylic acids is 1. The molecule has 1 saturated heterocycles. The zero-order valence-corrected chi connectivity index (χ0v) is 12.4. The number of carbonyl (C=O) groups excluding carboxylic acids is 1. The summed E-state index contributed by atoms with van der Waals surface area (Å²) in [7, 11) is 0. The van der Waals surface area contributed by atoms with Crippen molar-refractivity contribution >= 4 is 12.0 Å². The highest BCUT2D eigenvalue weighted by Crippen LogP contribution is 2.10. The summed E-state index contributed by atoms with van der Waals surface area (Å²) in [6.45, 7) is 6.54. The van der Waals surface area contributed by atoms with E-state index in [0.29, 0.717) is 38.6 Å².